The Kier molecular flexibility index (Phi) is 6.99. The van der Waals surface area contributed by atoms with Crippen LogP contribution in [-0.2, 0) is 14.3 Å². The number of imide groups is 1. The Hall–Kier alpha value is -2.52. The highest BCUT2D eigenvalue weighted by Crippen LogP contribution is 2.44. The van der Waals surface area contributed by atoms with Crippen molar-refractivity contribution in [2.75, 3.05) is 18.6 Å². The number of alkyl halides is 2. The molecule has 9 heteroatoms. The fraction of sp³-hybridized carbons (Fsp3) is 0.333. The maximum Gasteiger partial charge on any atom is 0.338 e. The van der Waals surface area contributed by atoms with Crippen LogP contribution in [-0.4, -0.2) is 46.9 Å². The van der Waals surface area contributed by atoms with E-state index in [1.165, 1.54) is 24.1 Å². The van der Waals surface area contributed by atoms with E-state index < -0.39 is 12.6 Å². The molecule has 1 heterocycles. The van der Waals surface area contributed by atoms with Crippen molar-refractivity contribution in [1.29, 1.82) is 0 Å². The van der Waals surface area contributed by atoms with Crippen LogP contribution in [0.3, 0.4) is 0 Å². The molecule has 2 fully saturated rings. The average molecular weight is 579 g/mol. The van der Waals surface area contributed by atoms with Crippen LogP contribution in [0.4, 0.5) is 5.69 Å². The van der Waals surface area contributed by atoms with Gasteiger partial charge in [0.1, 0.15) is 5.75 Å². The number of ether oxygens (including phenoxy) is 2. The molecule has 2 aromatic rings. The SMILES string of the molecule is COc1ccc(C(=O)COC(=O)c2cccc(N3C(=O)[C@H]4C[C@@H](Br)[C@@H](Br)C[C@H]4C3=O)c2)cc1. The Morgan fingerprint density at radius 1 is 0.939 bits per heavy atom. The van der Waals surface area contributed by atoms with Crippen molar-refractivity contribution in [2.45, 2.75) is 22.5 Å². The Balaban J connectivity index is 1.45. The summed E-state index contributed by atoms with van der Waals surface area (Å²) in [6.07, 6.45) is 1.13. The Bertz CT molecular complexity index is 1070. The molecule has 0 N–H and O–H groups in total. The molecule has 0 radical (unpaired) electrons. The van der Waals surface area contributed by atoms with Gasteiger partial charge in [0.15, 0.2) is 12.4 Å². The summed E-state index contributed by atoms with van der Waals surface area (Å²) in [5, 5.41) is 0. The zero-order valence-corrected chi connectivity index (χ0v) is 20.9. The summed E-state index contributed by atoms with van der Waals surface area (Å²) in [5.74, 6) is -1.73. The van der Waals surface area contributed by atoms with E-state index in [1.54, 1.807) is 36.4 Å². The summed E-state index contributed by atoms with van der Waals surface area (Å²) < 4.78 is 10.2. The third-order valence-corrected chi connectivity index (χ3v) is 8.73. The van der Waals surface area contributed by atoms with Crippen molar-refractivity contribution in [3.63, 3.8) is 0 Å². The fourth-order valence-corrected chi connectivity index (χ4v) is 5.43. The molecule has 4 rings (SSSR count). The molecule has 1 saturated carbocycles. The first-order chi connectivity index (χ1) is 15.8. The van der Waals surface area contributed by atoms with Crippen molar-refractivity contribution in [1.82, 2.24) is 0 Å². The monoisotopic (exact) mass is 577 g/mol. The molecule has 0 aromatic heterocycles. The van der Waals surface area contributed by atoms with Crippen LogP contribution in [0.2, 0.25) is 0 Å². The van der Waals surface area contributed by atoms with Gasteiger partial charge < -0.3 is 9.47 Å². The highest BCUT2D eigenvalue weighted by Gasteiger charge is 2.52. The number of ketones is 1. The van der Waals surface area contributed by atoms with Crippen molar-refractivity contribution >= 4 is 61.1 Å². The van der Waals surface area contributed by atoms with Gasteiger partial charge in [-0.15, -0.1) is 0 Å². The Morgan fingerprint density at radius 3 is 2.12 bits per heavy atom. The second-order valence-electron chi connectivity index (χ2n) is 8.01. The number of hydrogen-bond donors (Lipinski definition) is 0. The molecular weight excluding hydrogens is 558 g/mol. The van der Waals surface area contributed by atoms with Crippen molar-refractivity contribution in [3.05, 3.63) is 59.7 Å². The summed E-state index contributed by atoms with van der Waals surface area (Å²) in [6, 6.07) is 12.6. The van der Waals surface area contributed by atoms with E-state index in [0.29, 0.717) is 29.8 Å². The number of rotatable bonds is 6. The summed E-state index contributed by atoms with van der Waals surface area (Å²) in [4.78, 5) is 52.3. The molecular formula is C24H21Br2NO6. The lowest BCUT2D eigenvalue weighted by Crippen LogP contribution is -2.34. The first-order valence-corrected chi connectivity index (χ1v) is 12.2. The van der Waals surface area contributed by atoms with Crippen LogP contribution >= 0.6 is 31.9 Å². The Morgan fingerprint density at radius 2 is 1.55 bits per heavy atom. The van der Waals surface area contributed by atoms with Crippen LogP contribution in [0, 0.1) is 11.8 Å². The van der Waals surface area contributed by atoms with E-state index in [1.807, 2.05) is 0 Å². The number of esters is 1. The maximum atomic E-state index is 13.0. The predicted molar refractivity (Wildman–Crippen MR) is 128 cm³/mol. The van der Waals surface area contributed by atoms with Crippen molar-refractivity contribution in [3.8, 4) is 5.75 Å². The quantitative estimate of drug-likeness (QED) is 0.221. The molecule has 172 valence electrons. The van der Waals surface area contributed by atoms with E-state index in [0.717, 1.165) is 0 Å². The number of Topliss-reactive ketones (excluding diaryl/α,β-unsaturated/α-hetero) is 1. The summed E-state index contributed by atoms with van der Waals surface area (Å²) in [6.45, 7) is -0.430. The zero-order valence-electron chi connectivity index (χ0n) is 17.7. The molecule has 33 heavy (non-hydrogen) atoms. The van der Waals surface area contributed by atoms with Crippen molar-refractivity contribution in [2.24, 2.45) is 11.8 Å². The predicted octanol–water partition coefficient (Wildman–Crippen LogP) is 4.16. The minimum atomic E-state index is -0.712. The van der Waals surface area contributed by atoms with E-state index in [2.05, 4.69) is 31.9 Å². The van der Waals surface area contributed by atoms with Gasteiger partial charge in [-0.3, -0.25) is 19.3 Å². The summed E-state index contributed by atoms with van der Waals surface area (Å²) >= 11 is 7.15. The van der Waals surface area contributed by atoms with E-state index in [4.69, 9.17) is 9.47 Å². The van der Waals surface area contributed by atoms with Crippen LogP contribution < -0.4 is 9.64 Å². The Labute approximate surface area is 207 Å². The normalized spacial score (nSPS) is 24.4. The number of fused-ring (bicyclic) bond motifs is 1. The van der Waals surface area contributed by atoms with E-state index in [-0.39, 0.29) is 44.7 Å². The lowest BCUT2D eigenvalue weighted by molar-refractivity contribution is -0.122. The van der Waals surface area contributed by atoms with Gasteiger partial charge in [0.2, 0.25) is 11.8 Å². The second kappa shape index (κ2) is 9.77. The number of hydrogen-bond acceptors (Lipinski definition) is 6. The number of halogens is 2. The molecule has 0 spiro atoms. The third-order valence-electron chi connectivity index (χ3n) is 6.00. The topological polar surface area (TPSA) is 90.0 Å². The molecule has 1 aliphatic heterocycles. The number of carbonyl (C=O) groups is 4. The number of methoxy groups -OCH3 is 1. The molecule has 7 nitrogen and oxygen atoms in total. The molecule has 2 aromatic carbocycles. The molecule has 2 aliphatic rings. The van der Waals surface area contributed by atoms with Gasteiger partial charge in [-0.25, -0.2) is 4.79 Å². The number of carbonyl (C=O) groups excluding carboxylic acids is 4. The van der Waals surface area contributed by atoms with E-state index >= 15 is 0 Å². The first kappa shape index (κ1) is 23.6. The van der Waals surface area contributed by atoms with Crippen molar-refractivity contribution < 1.29 is 28.7 Å². The maximum absolute atomic E-state index is 13.0. The third kappa shape index (κ3) is 4.75. The number of anilines is 1. The standard InChI is InChI=1S/C24H21Br2NO6/c1-32-16-7-5-13(6-8-16)21(28)12-33-24(31)14-3-2-4-15(9-14)27-22(29)17-10-19(25)20(26)11-18(17)23(27)30/h2-9,17-20H,10-12H2,1H3/t17-,18+,19+,20-. The number of nitrogens with zero attached hydrogens (tertiary/aromatic N) is 1. The van der Waals surface area contributed by atoms with Crippen LogP contribution in [0.15, 0.2) is 48.5 Å². The van der Waals surface area contributed by atoms with Crippen LogP contribution in [0.1, 0.15) is 33.6 Å². The van der Waals surface area contributed by atoms with Gasteiger partial charge in [-0.05, 0) is 55.3 Å². The smallest absolute Gasteiger partial charge is 0.338 e. The molecule has 0 bridgehead atoms. The van der Waals surface area contributed by atoms with Gasteiger partial charge in [0.25, 0.3) is 0 Å². The molecule has 1 aliphatic carbocycles. The van der Waals surface area contributed by atoms with Crippen LogP contribution in [0.25, 0.3) is 0 Å². The second-order valence-corrected chi connectivity index (χ2v) is 10.4. The van der Waals surface area contributed by atoms with Gasteiger partial charge >= 0.3 is 5.97 Å². The van der Waals surface area contributed by atoms with Gasteiger partial charge in [0, 0.05) is 15.2 Å². The van der Waals surface area contributed by atoms with Crippen LogP contribution in [0.5, 0.6) is 5.75 Å². The fourth-order valence-electron chi connectivity index (χ4n) is 4.20. The minimum absolute atomic E-state index is 0.111. The number of amides is 2. The lowest BCUT2D eigenvalue weighted by atomic mass is 9.81. The first-order valence-electron chi connectivity index (χ1n) is 10.4. The van der Waals surface area contributed by atoms with E-state index in [9.17, 15) is 19.2 Å². The lowest BCUT2D eigenvalue weighted by Gasteiger charge is -2.29. The van der Waals surface area contributed by atoms with Gasteiger partial charge in [-0.2, -0.15) is 0 Å². The highest BCUT2D eigenvalue weighted by atomic mass is 79.9. The molecule has 1 saturated heterocycles. The van der Waals surface area contributed by atoms with Gasteiger partial charge in [0.05, 0.1) is 30.2 Å². The molecule has 0 unspecified atom stereocenters. The zero-order chi connectivity index (χ0) is 23.7. The average Bonchev–Trinajstić information content (AvgIpc) is 3.06. The molecule has 4 atom stereocenters. The minimum Gasteiger partial charge on any atom is -0.497 e. The largest absolute Gasteiger partial charge is 0.497 e. The highest BCUT2D eigenvalue weighted by molar-refractivity contribution is 9.12. The number of benzene rings is 2. The molecule has 2 amide bonds. The summed E-state index contributed by atoms with van der Waals surface area (Å²) in [5.41, 5.74) is 0.873. The summed E-state index contributed by atoms with van der Waals surface area (Å²) in [7, 11) is 1.53. The van der Waals surface area contributed by atoms with Gasteiger partial charge in [-0.1, -0.05) is 37.9 Å².